The molecule has 0 aliphatic rings. The van der Waals surface area contributed by atoms with Gasteiger partial charge < -0.3 is 14.2 Å². The third-order valence-electron chi connectivity index (χ3n) is 11.1. The Morgan fingerprint density at radius 1 is 0.322 bits per heavy atom. The number of hydrogen-bond donors (Lipinski definition) is 0. The summed E-state index contributed by atoms with van der Waals surface area (Å²) in [6, 6.07) is 0. The Balaban J connectivity index is 4.39. The van der Waals surface area contributed by atoms with Crippen molar-refractivity contribution in [2.45, 2.75) is 271 Å². The molecule has 0 amide bonds. The molecule has 344 valence electrons. The van der Waals surface area contributed by atoms with Crippen LogP contribution in [-0.4, -0.2) is 37.2 Å². The minimum absolute atomic E-state index is 0.0811. The molecule has 0 radical (unpaired) electrons. The van der Waals surface area contributed by atoms with E-state index >= 15 is 0 Å². The van der Waals surface area contributed by atoms with Crippen LogP contribution < -0.4 is 0 Å². The summed E-state index contributed by atoms with van der Waals surface area (Å²) in [6.45, 7) is 6.59. The summed E-state index contributed by atoms with van der Waals surface area (Å²) in [6.07, 6.45) is 55.5. The van der Waals surface area contributed by atoms with Crippen LogP contribution in [0.2, 0.25) is 0 Å². The van der Waals surface area contributed by atoms with E-state index in [1.165, 1.54) is 141 Å². The van der Waals surface area contributed by atoms with Crippen LogP contribution in [0, 0.1) is 0 Å². The number of unbranched alkanes of at least 4 members (excludes halogenated alkanes) is 29. The number of esters is 3. The molecule has 6 heteroatoms. The Morgan fingerprint density at radius 3 is 0.864 bits per heavy atom. The average Bonchev–Trinajstić information content (AvgIpc) is 3.23. The van der Waals surface area contributed by atoms with Gasteiger partial charge in [0.15, 0.2) is 6.10 Å². The number of rotatable bonds is 46. The monoisotopic (exact) mass is 829 g/mol. The van der Waals surface area contributed by atoms with E-state index in [0.29, 0.717) is 19.3 Å². The first-order chi connectivity index (χ1) is 29.0. The third kappa shape index (κ3) is 46.5. The largest absolute Gasteiger partial charge is 0.462 e. The van der Waals surface area contributed by atoms with Crippen LogP contribution in [0.15, 0.2) is 36.5 Å². The van der Waals surface area contributed by atoms with E-state index in [1.54, 1.807) is 0 Å². The van der Waals surface area contributed by atoms with Gasteiger partial charge in [-0.05, 0) is 96.3 Å². The first kappa shape index (κ1) is 56.6. The van der Waals surface area contributed by atoms with Gasteiger partial charge in [-0.2, -0.15) is 0 Å². The normalized spacial score (nSPS) is 12.3. The van der Waals surface area contributed by atoms with E-state index in [4.69, 9.17) is 14.2 Å². The van der Waals surface area contributed by atoms with Crippen molar-refractivity contribution in [2.24, 2.45) is 0 Å². The second-order valence-electron chi connectivity index (χ2n) is 17.1. The minimum Gasteiger partial charge on any atom is -0.462 e. The predicted octanol–water partition coefficient (Wildman–Crippen LogP) is 16.5. The summed E-state index contributed by atoms with van der Waals surface area (Å²) in [5.41, 5.74) is 0. The lowest BCUT2D eigenvalue weighted by Crippen LogP contribution is -2.30. The van der Waals surface area contributed by atoms with Crippen LogP contribution in [0.3, 0.4) is 0 Å². The fraction of sp³-hybridized carbons (Fsp3) is 0.830. The molecule has 1 unspecified atom stereocenters. The Hall–Kier alpha value is -2.37. The SMILES string of the molecule is CCCCCC/C=C\CCCCCCCC(=O)OCC(COC(=O)CCCCCCC/C=C\CCCCCCCC)OC(=O)CCCCCCC/C=C\CCCCCC. The molecule has 0 aromatic heterocycles. The van der Waals surface area contributed by atoms with Crippen LogP contribution >= 0.6 is 0 Å². The Labute approximate surface area is 365 Å². The van der Waals surface area contributed by atoms with Crippen LogP contribution in [0.1, 0.15) is 265 Å². The summed E-state index contributed by atoms with van der Waals surface area (Å²) < 4.78 is 16.8. The highest BCUT2D eigenvalue weighted by Gasteiger charge is 2.19. The fourth-order valence-corrected chi connectivity index (χ4v) is 7.19. The van der Waals surface area contributed by atoms with Crippen molar-refractivity contribution in [1.29, 1.82) is 0 Å². The molecule has 0 aliphatic heterocycles. The maximum Gasteiger partial charge on any atom is 0.306 e. The Bertz CT molecular complexity index is 1000. The zero-order chi connectivity index (χ0) is 43.0. The van der Waals surface area contributed by atoms with Gasteiger partial charge in [0.05, 0.1) is 0 Å². The molecule has 0 aromatic carbocycles. The molecule has 0 rings (SSSR count). The zero-order valence-corrected chi connectivity index (χ0v) is 39.3. The lowest BCUT2D eigenvalue weighted by atomic mass is 10.1. The fourth-order valence-electron chi connectivity index (χ4n) is 7.19. The highest BCUT2D eigenvalue weighted by atomic mass is 16.6. The molecule has 0 spiro atoms. The molecule has 0 heterocycles. The van der Waals surface area contributed by atoms with Gasteiger partial charge >= 0.3 is 17.9 Å². The van der Waals surface area contributed by atoms with Crippen molar-refractivity contribution in [3.63, 3.8) is 0 Å². The van der Waals surface area contributed by atoms with Crippen molar-refractivity contribution in [1.82, 2.24) is 0 Å². The summed E-state index contributed by atoms with van der Waals surface area (Å²) >= 11 is 0. The highest BCUT2D eigenvalue weighted by molar-refractivity contribution is 5.71. The van der Waals surface area contributed by atoms with Crippen LogP contribution in [0.5, 0.6) is 0 Å². The van der Waals surface area contributed by atoms with E-state index in [0.717, 1.165) is 83.5 Å². The van der Waals surface area contributed by atoms with Gasteiger partial charge in [0.2, 0.25) is 0 Å². The molecule has 0 saturated carbocycles. The van der Waals surface area contributed by atoms with E-state index in [1.807, 2.05) is 0 Å². The highest BCUT2D eigenvalue weighted by Crippen LogP contribution is 2.14. The van der Waals surface area contributed by atoms with Crippen molar-refractivity contribution < 1.29 is 28.6 Å². The summed E-state index contributed by atoms with van der Waals surface area (Å²) in [7, 11) is 0. The second-order valence-corrected chi connectivity index (χ2v) is 17.1. The molecule has 0 N–H and O–H groups in total. The van der Waals surface area contributed by atoms with Gasteiger partial charge in [0, 0.05) is 19.3 Å². The van der Waals surface area contributed by atoms with Crippen molar-refractivity contribution in [3.8, 4) is 0 Å². The van der Waals surface area contributed by atoms with Gasteiger partial charge in [-0.25, -0.2) is 0 Å². The number of hydrogen-bond acceptors (Lipinski definition) is 6. The van der Waals surface area contributed by atoms with Gasteiger partial charge in [-0.3, -0.25) is 14.4 Å². The van der Waals surface area contributed by atoms with Crippen LogP contribution in [-0.2, 0) is 28.6 Å². The Morgan fingerprint density at radius 2 is 0.559 bits per heavy atom. The maximum atomic E-state index is 12.8. The van der Waals surface area contributed by atoms with Crippen LogP contribution in [0.4, 0.5) is 0 Å². The topological polar surface area (TPSA) is 78.9 Å². The van der Waals surface area contributed by atoms with E-state index in [9.17, 15) is 14.4 Å². The van der Waals surface area contributed by atoms with Crippen molar-refractivity contribution in [3.05, 3.63) is 36.5 Å². The molecule has 59 heavy (non-hydrogen) atoms. The van der Waals surface area contributed by atoms with Crippen LogP contribution in [0.25, 0.3) is 0 Å². The van der Waals surface area contributed by atoms with E-state index < -0.39 is 6.10 Å². The molecule has 0 fully saturated rings. The third-order valence-corrected chi connectivity index (χ3v) is 11.1. The lowest BCUT2D eigenvalue weighted by Gasteiger charge is -2.18. The summed E-state index contributed by atoms with van der Waals surface area (Å²) in [5, 5.41) is 0. The summed E-state index contributed by atoms with van der Waals surface area (Å²) in [5.74, 6) is -0.900. The van der Waals surface area contributed by atoms with Crippen molar-refractivity contribution in [2.75, 3.05) is 13.2 Å². The first-order valence-corrected chi connectivity index (χ1v) is 25.5. The van der Waals surface area contributed by atoms with E-state index in [2.05, 4.69) is 57.2 Å². The molecule has 6 nitrogen and oxygen atoms in total. The smallest absolute Gasteiger partial charge is 0.306 e. The summed E-state index contributed by atoms with van der Waals surface area (Å²) in [4.78, 5) is 37.9. The number of carbonyl (C=O) groups excluding carboxylic acids is 3. The Kier molecular flexibility index (Phi) is 46.4. The molecule has 0 aromatic rings. The van der Waals surface area contributed by atoms with Gasteiger partial charge in [-0.15, -0.1) is 0 Å². The van der Waals surface area contributed by atoms with Gasteiger partial charge in [0.25, 0.3) is 0 Å². The van der Waals surface area contributed by atoms with Gasteiger partial charge in [0.1, 0.15) is 13.2 Å². The molecular weight excluding hydrogens is 733 g/mol. The maximum absolute atomic E-state index is 12.8. The molecule has 0 bridgehead atoms. The lowest BCUT2D eigenvalue weighted by molar-refractivity contribution is -0.167. The van der Waals surface area contributed by atoms with Gasteiger partial charge in [-0.1, -0.05) is 186 Å². The minimum atomic E-state index is -0.780. The van der Waals surface area contributed by atoms with Crippen molar-refractivity contribution >= 4 is 17.9 Å². The van der Waals surface area contributed by atoms with E-state index in [-0.39, 0.29) is 31.1 Å². The first-order valence-electron chi connectivity index (χ1n) is 25.5. The average molecular weight is 829 g/mol. The second kappa shape index (κ2) is 48.3. The number of allylic oxidation sites excluding steroid dienone is 6. The predicted molar refractivity (Wildman–Crippen MR) is 252 cm³/mol. The molecular formula is C53H96O6. The quantitative estimate of drug-likeness (QED) is 0.0263. The molecule has 0 saturated heterocycles. The standard InChI is InChI=1S/C53H96O6/c1-4-7-10-13-16-19-22-25-26-29-31-34-37-40-43-46-52(55)58-49-50(59-53(56)47-44-41-38-35-32-28-24-21-18-15-12-9-6-3)48-57-51(54)45-42-39-36-33-30-27-23-20-17-14-11-8-5-2/h20-21,23-26,50H,4-19,22,27-49H2,1-3H3/b23-20-,24-21-,26-25-. The number of carbonyl (C=O) groups is 3. The number of ether oxygens (including phenoxy) is 3. The molecule has 0 aliphatic carbocycles. The zero-order valence-electron chi connectivity index (χ0n) is 39.3. The molecule has 1 atom stereocenters.